The zero-order chi connectivity index (χ0) is 17.6. The van der Waals surface area contributed by atoms with Gasteiger partial charge in [-0.05, 0) is 36.6 Å². The van der Waals surface area contributed by atoms with Crippen LogP contribution in [0.15, 0.2) is 54.6 Å². The van der Waals surface area contributed by atoms with Gasteiger partial charge in [-0.15, -0.1) is 0 Å². The van der Waals surface area contributed by atoms with Gasteiger partial charge in [-0.2, -0.15) is 0 Å². The SMILES string of the molecule is CN(C(=O)Nc1cccc(F)c1)C1CCN(Cc2ccccc2)CC1. The van der Waals surface area contributed by atoms with Crippen molar-refractivity contribution in [3.05, 3.63) is 66.0 Å². The molecular formula is C20H24FN3O. The van der Waals surface area contributed by atoms with Crippen molar-refractivity contribution in [2.24, 2.45) is 0 Å². The van der Waals surface area contributed by atoms with Crippen LogP contribution in [0.1, 0.15) is 18.4 Å². The zero-order valence-corrected chi connectivity index (χ0v) is 14.5. The molecule has 0 atom stereocenters. The van der Waals surface area contributed by atoms with Crippen LogP contribution >= 0.6 is 0 Å². The van der Waals surface area contributed by atoms with Crippen molar-refractivity contribution < 1.29 is 9.18 Å². The molecular weight excluding hydrogens is 317 g/mol. The van der Waals surface area contributed by atoms with Gasteiger partial charge in [0, 0.05) is 38.4 Å². The van der Waals surface area contributed by atoms with Crippen LogP contribution in [0.25, 0.3) is 0 Å². The van der Waals surface area contributed by atoms with Gasteiger partial charge in [-0.25, -0.2) is 9.18 Å². The molecule has 0 aliphatic carbocycles. The maximum absolute atomic E-state index is 13.2. The van der Waals surface area contributed by atoms with Gasteiger partial charge in [0.25, 0.3) is 0 Å². The Hall–Kier alpha value is -2.40. The van der Waals surface area contributed by atoms with Crippen molar-refractivity contribution in [2.45, 2.75) is 25.4 Å². The molecule has 1 aliphatic heterocycles. The number of benzene rings is 2. The minimum absolute atomic E-state index is 0.188. The lowest BCUT2D eigenvalue weighted by molar-refractivity contribution is 0.137. The van der Waals surface area contributed by atoms with Crippen LogP contribution in [0, 0.1) is 5.82 Å². The first-order valence-corrected chi connectivity index (χ1v) is 8.67. The normalized spacial score (nSPS) is 15.8. The number of likely N-dealkylation sites (tertiary alicyclic amines) is 1. The topological polar surface area (TPSA) is 35.6 Å². The zero-order valence-electron chi connectivity index (χ0n) is 14.5. The van der Waals surface area contributed by atoms with E-state index in [2.05, 4.69) is 34.5 Å². The van der Waals surface area contributed by atoms with E-state index in [-0.39, 0.29) is 17.9 Å². The predicted octanol–water partition coefficient (Wildman–Crippen LogP) is 3.95. The lowest BCUT2D eigenvalue weighted by atomic mass is 10.0. The molecule has 132 valence electrons. The third kappa shape index (κ3) is 4.79. The molecule has 1 aliphatic rings. The van der Waals surface area contributed by atoms with E-state index in [1.165, 1.54) is 17.7 Å². The average Bonchev–Trinajstić information content (AvgIpc) is 2.62. The molecule has 0 saturated carbocycles. The Morgan fingerprint density at radius 3 is 2.56 bits per heavy atom. The number of nitrogens with one attached hydrogen (secondary N) is 1. The Morgan fingerprint density at radius 1 is 1.16 bits per heavy atom. The second-order valence-corrected chi connectivity index (χ2v) is 6.54. The lowest BCUT2D eigenvalue weighted by Gasteiger charge is -2.36. The van der Waals surface area contributed by atoms with Crippen molar-refractivity contribution in [3.63, 3.8) is 0 Å². The van der Waals surface area contributed by atoms with E-state index in [9.17, 15) is 9.18 Å². The van der Waals surface area contributed by atoms with E-state index in [0.717, 1.165) is 32.5 Å². The van der Waals surface area contributed by atoms with Crippen molar-refractivity contribution >= 4 is 11.7 Å². The fourth-order valence-electron chi connectivity index (χ4n) is 3.25. The number of urea groups is 1. The van der Waals surface area contributed by atoms with Crippen molar-refractivity contribution in [2.75, 3.05) is 25.5 Å². The van der Waals surface area contributed by atoms with Crippen LogP contribution in [-0.4, -0.2) is 42.0 Å². The highest BCUT2D eigenvalue weighted by atomic mass is 19.1. The number of carbonyl (C=O) groups excluding carboxylic acids is 1. The first-order chi connectivity index (χ1) is 12.1. The van der Waals surface area contributed by atoms with Gasteiger partial charge >= 0.3 is 6.03 Å². The van der Waals surface area contributed by atoms with E-state index in [1.54, 1.807) is 17.0 Å². The highest BCUT2D eigenvalue weighted by Gasteiger charge is 2.25. The number of halogens is 1. The van der Waals surface area contributed by atoms with Gasteiger partial charge in [0.2, 0.25) is 0 Å². The number of carbonyl (C=O) groups is 1. The highest BCUT2D eigenvalue weighted by Crippen LogP contribution is 2.19. The van der Waals surface area contributed by atoms with E-state index in [1.807, 2.05) is 13.1 Å². The molecule has 0 bridgehead atoms. The maximum Gasteiger partial charge on any atom is 0.321 e. The molecule has 0 radical (unpaired) electrons. The minimum atomic E-state index is -0.352. The number of rotatable bonds is 4. The highest BCUT2D eigenvalue weighted by molar-refractivity contribution is 5.89. The number of hydrogen-bond acceptors (Lipinski definition) is 2. The van der Waals surface area contributed by atoms with Gasteiger partial charge < -0.3 is 10.2 Å². The maximum atomic E-state index is 13.2. The van der Waals surface area contributed by atoms with Gasteiger partial charge in [-0.1, -0.05) is 36.4 Å². The smallest absolute Gasteiger partial charge is 0.321 e. The van der Waals surface area contributed by atoms with Crippen molar-refractivity contribution in [1.29, 1.82) is 0 Å². The van der Waals surface area contributed by atoms with Crippen molar-refractivity contribution in [1.82, 2.24) is 9.80 Å². The molecule has 2 amide bonds. The van der Waals surface area contributed by atoms with Gasteiger partial charge in [-0.3, -0.25) is 4.90 Å². The molecule has 0 aromatic heterocycles. The second kappa shape index (κ2) is 8.12. The molecule has 1 N–H and O–H groups in total. The quantitative estimate of drug-likeness (QED) is 0.914. The molecule has 0 spiro atoms. The summed E-state index contributed by atoms with van der Waals surface area (Å²) in [5, 5.41) is 2.76. The summed E-state index contributed by atoms with van der Waals surface area (Å²) in [6, 6.07) is 16.4. The Labute approximate surface area is 148 Å². The van der Waals surface area contributed by atoms with Crippen LogP contribution in [0.2, 0.25) is 0 Å². The molecule has 3 rings (SSSR count). The summed E-state index contributed by atoms with van der Waals surface area (Å²) in [7, 11) is 1.81. The Kier molecular flexibility index (Phi) is 5.66. The number of nitrogens with zero attached hydrogens (tertiary/aromatic N) is 2. The molecule has 0 unspecified atom stereocenters. The number of amides is 2. The standard InChI is InChI=1S/C20H24FN3O/c1-23(20(25)22-18-9-5-8-17(21)14-18)19-10-12-24(13-11-19)15-16-6-3-2-4-7-16/h2-9,14,19H,10-13,15H2,1H3,(H,22,25). The van der Waals surface area contributed by atoms with Crippen LogP contribution in [-0.2, 0) is 6.54 Å². The van der Waals surface area contributed by atoms with Gasteiger partial charge in [0.15, 0.2) is 0 Å². The van der Waals surface area contributed by atoms with Gasteiger partial charge in [0.05, 0.1) is 0 Å². The van der Waals surface area contributed by atoms with Crippen LogP contribution < -0.4 is 5.32 Å². The summed E-state index contributed by atoms with van der Waals surface area (Å²) in [5.41, 5.74) is 1.80. The third-order valence-corrected chi connectivity index (χ3v) is 4.75. The van der Waals surface area contributed by atoms with Gasteiger partial charge in [0.1, 0.15) is 5.82 Å². The Bertz CT molecular complexity index is 699. The fourth-order valence-corrected chi connectivity index (χ4v) is 3.25. The van der Waals surface area contributed by atoms with Crippen LogP contribution in [0.3, 0.4) is 0 Å². The van der Waals surface area contributed by atoms with E-state index in [0.29, 0.717) is 5.69 Å². The van der Waals surface area contributed by atoms with Crippen molar-refractivity contribution in [3.8, 4) is 0 Å². The van der Waals surface area contributed by atoms with Crippen LogP contribution in [0.4, 0.5) is 14.9 Å². The number of anilines is 1. The average molecular weight is 341 g/mol. The summed E-state index contributed by atoms with van der Waals surface area (Å²) < 4.78 is 13.2. The first kappa shape index (κ1) is 17.4. The summed E-state index contributed by atoms with van der Waals surface area (Å²) in [4.78, 5) is 16.5. The molecule has 2 aromatic carbocycles. The summed E-state index contributed by atoms with van der Waals surface area (Å²) in [5.74, 6) is -0.352. The predicted molar refractivity (Wildman–Crippen MR) is 97.9 cm³/mol. The molecule has 5 heteroatoms. The number of hydrogen-bond donors (Lipinski definition) is 1. The molecule has 1 fully saturated rings. The second-order valence-electron chi connectivity index (χ2n) is 6.54. The molecule has 25 heavy (non-hydrogen) atoms. The summed E-state index contributed by atoms with van der Waals surface area (Å²) in [6.45, 7) is 2.89. The minimum Gasteiger partial charge on any atom is -0.325 e. The summed E-state index contributed by atoms with van der Waals surface area (Å²) >= 11 is 0. The van der Waals surface area contributed by atoms with Crippen LogP contribution in [0.5, 0.6) is 0 Å². The van der Waals surface area contributed by atoms with E-state index in [4.69, 9.17) is 0 Å². The molecule has 2 aromatic rings. The monoisotopic (exact) mass is 341 g/mol. The molecule has 1 saturated heterocycles. The Morgan fingerprint density at radius 2 is 1.88 bits per heavy atom. The van der Waals surface area contributed by atoms with E-state index < -0.39 is 0 Å². The summed E-state index contributed by atoms with van der Waals surface area (Å²) in [6.07, 6.45) is 1.89. The third-order valence-electron chi connectivity index (χ3n) is 4.75. The number of piperidine rings is 1. The fraction of sp³-hybridized carbons (Fsp3) is 0.350. The largest absolute Gasteiger partial charge is 0.325 e. The Balaban J connectivity index is 1.49. The first-order valence-electron chi connectivity index (χ1n) is 8.67. The molecule has 1 heterocycles. The molecule has 4 nitrogen and oxygen atoms in total. The lowest BCUT2D eigenvalue weighted by Crippen LogP contribution is -2.46. The van der Waals surface area contributed by atoms with E-state index >= 15 is 0 Å².